The molecule has 1 unspecified atom stereocenters. The molecule has 3 rings (SSSR count). The fraction of sp³-hybridized carbons (Fsp3) is 0.467. The van der Waals surface area contributed by atoms with Gasteiger partial charge in [0.25, 0.3) is 0 Å². The molecule has 2 aromatic rings. The highest BCUT2D eigenvalue weighted by Crippen LogP contribution is 2.18. The van der Waals surface area contributed by atoms with E-state index in [2.05, 4.69) is 14.9 Å². The van der Waals surface area contributed by atoms with Gasteiger partial charge in [0.2, 0.25) is 0 Å². The lowest BCUT2D eigenvalue weighted by molar-refractivity contribution is 0.163. The summed E-state index contributed by atoms with van der Waals surface area (Å²) in [6, 6.07) is 3.77. The maximum absolute atomic E-state index is 11.8. The molecule has 1 aliphatic heterocycles. The summed E-state index contributed by atoms with van der Waals surface area (Å²) >= 11 is 0. The molecule has 0 aliphatic carbocycles. The molecule has 1 aliphatic rings. The van der Waals surface area contributed by atoms with Crippen molar-refractivity contribution in [1.82, 2.24) is 19.4 Å². The number of nitrogens with zero attached hydrogens (tertiary/aromatic N) is 4. The molecule has 1 saturated heterocycles. The smallest absolute Gasteiger partial charge is 0.153 e. The highest BCUT2D eigenvalue weighted by Gasteiger charge is 2.30. The summed E-state index contributed by atoms with van der Waals surface area (Å²) in [6.45, 7) is 1.13. The van der Waals surface area contributed by atoms with E-state index in [0.29, 0.717) is 19.5 Å². The van der Waals surface area contributed by atoms with Crippen LogP contribution in [0.25, 0.3) is 5.82 Å². The summed E-state index contributed by atoms with van der Waals surface area (Å²) in [6.07, 6.45) is 7.49. The standard InChI is InChI=1S/C15H20N4O3S/c20-7-3-14-11-23(21,22)8-6-18(14)10-13-1-2-15(17-9-13)19-5-4-16-12-19/h1-2,4-5,9,12,14,20H,3,6-8,10-11H2. The lowest BCUT2D eigenvalue weighted by Gasteiger charge is -2.35. The van der Waals surface area contributed by atoms with Gasteiger partial charge < -0.3 is 5.11 Å². The molecule has 0 bridgehead atoms. The Labute approximate surface area is 135 Å². The number of hydrogen-bond donors (Lipinski definition) is 1. The van der Waals surface area contributed by atoms with Gasteiger partial charge in [0.05, 0.1) is 11.5 Å². The van der Waals surface area contributed by atoms with Crippen molar-refractivity contribution in [2.24, 2.45) is 0 Å². The molecular weight excluding hydrogens is 316 g/mol. The predicted octanol–water partition coefficient (Wildman–Crippen LogP) is 0.249. The fourth-order valence-electron chi connectivity index (χ4n) is 2.84. The molecule has 0 aromatic carbocycles. The summed E-state index contributed by atoms with van der Waals surface area (Å²) < 4.78 is 25.4. The Morgan fingerprint density at radius 3 is 2.87 bits per heavy atom. The SMILES string of the molecule is O=S1(=O)CCN(Cc2ccc(-n3ccnc3)nc2)C(CCO)C1. The second-order valence-corrected chi connectivity index (χ2v) is 7.97. The quantitative estimate of drug-likeness (QED) is 0.842. The van der Waals surface area contributed by atoms with Gasteiger partial charge in [0.1, 0.15) is 12.1 Å². The summed E-state index contributed by atoms with van der Waals surface area (Å²) in [5.74, 6) is 1.09. The van der Waals surface area contributed by atoms with Gasteiger partial charge in [0.15, 0.2) is 9.84 Å². The van der Waals surface area contributed by atoms with Gasteiger partial charge in [-0.15, -0.1) is 0 Å². The van der Waals surface area contributed by atoms with Gasteiger partial charge in [-0.2, -0.15) is 0 Å². The van der Waals surface area contributed by atoms with E-state index in [0.717, 1.165) is 11.4 Å². The Morgan fingerprint density at radius 1 is 1.35 bits per heavy atom. The number of aliphatic hydroxyl groups excluding tert-OH is 1. The Balaban J connectivity index is 1.70. The molecule has 2 aromatic heterocycles. The molecule has 1 atom stereocenters. The molecule has 0 amide bonds. The largest absolute Gasteiger partial charge is 0.396 e. The predicted molar refractivity (Wildman–Crippen MR) is 85.9 cm³/mol. The number of sulfone groups is 1. The highest BCUT2D eigenvalue weighted by molar-refractivity contribution is 7.91. The van der Waals surface area contributed by atoms with E-state index in [1.165, 1.54) is 0 Å². The minimum atomic E-state index is -2.99. The first-order valence-corrected chi connectivity index (χ1v) is 9.38. The number of rotatable bonds is 5. The molecular formula is C15H20N4O3S. The molecule has 23 heavy (non-hydrogen) atoms. The Kier molecular flexibility index (Phi) is 4.74. The lowest BCUT2D eigenvalue weighted by Crippen LogP contribution is -2.48. The van der Waals surface area contributed by atoms with Gasteiger partial charge in [0, 0.05) is 44.3 Å². The van der Waals surface area contributed by atoms with E-state index in [1.54, 1.807) is 18.7 Å². The molecule has 0 saturated carbocycles. The van der Waals surface area contributed by atoms with E-state index in [-0.39, 0.29) is 24.2 Å². The monoisotopic (exact) mass is 336 g/mol. The van der Waals surface area contributed by atoms with Crippen molar-refractivity contribution in [3.05, 3.63) is 42.6 Å². The van der Waals surface area contributed by atoms with Crippen LogP contribution in [-0.4, -0.2) is 63.7 Å². The third-order valence-corrected chi connectivity index (χ3v) is 5.78. The van der Waals surface area contributed by atoms with Crippen molar-refractivity contribution < 1.29 is 13.5 Å². The second kappa shape index (κ2) is 6.77. The summed E-state index contributed by atoms with van der Waals surface area (Å²) in [7, 11) is -2.99. The van der Waals surface area contributed by atoms with Crippen LogP contribution in [0.1, 0.15) is 12.0 Å². The number of aliphatic hydroxyl groups is 1. The zero-order chi connectivity index (χ0) is 16.3. The first-order chi connectivity index (χ1) is 11.1. The molecule has 1 fully saturated rings. The van der Waals surface area contributed by atoms with Crippen LogP contribution in [0.2, 0.25) is 0 Å². The first kappa shape index (κ1) is 16.1. The van der Waals surface area contributed by atoms with Crippen LogP contribution in [0.4, 0.5) is 0 Å². The number of pyridine rings is 1. The molecule has 0 spiro atoms. The molecule has 7 nitrogen and oxygen atoms in total. The van der Waals surface area contributed by atoms with Gasteiger partial charge >= 0.3 is 0 Å². The maximum atomic E-state index is 11.8. The van der Waals surface area contributed by atoms with Crippen LogP contribution < -0.4 is 0 Å². The number of hydrogen-bond acceptors (Lipinski definition) is 6. The van der Waals surface area contributed by atoms with Gasteiger partial charge in [-0.1, -0.05) is 6.07 Å². The second-order valence-electron chi connectivity index (χ2n) is 5.75. The van der Waals surface area contributed by atoms with E-state index in [9.17, 15) is 13.5 Å². The minimum Gasteiger partial charge on any atom is -0.396 e. The molecule has 0 radical (unpaired) electrons. The highest BCUT2D eigenvalue weighted by atomic mass is 32.2. The molecule has 8 heteroatoms. The minimum absolute atomic E-state index is 0.00545. The zero-order valence-corrected chi connectivity index (χ0v) is 13.6. The maximum Gasteiger partial charge on any atom is 0.153 e. The topological polar surface area (TPSA) is 88.3 Å². The summed E-state index contributed by atoms with van der Waals surface area (Å²) in [5, 5.41) is 9.17. The lowest BCUT2D eigenvalue weighted by atomic mass is 10.1. The van der Waals surface area contributed by atoms with Crippen LogP contribution in [0.3, 0.4) is 0 Å². The van der Waals surface area contributed by atoms with Gasteiger partial charge in [-0.3, -0.25) is 9.47 Å². The average molecular weight is 336 g/mol. The van der Waals surface area contributed by atoms with Crippen LogP contribution >= 0.6 is 0 Å². The third-order valence-electron chi connectivity index (χ3n) is 4.08. The van der Waals surface area contributed by atoms with Crippen LogP contribution in [0.15, 0.2) is 37.1 Å². The van der Waals surface area contributed by atoms with E-state index in [1.807, 2.05) is 22.9 Å². The van der Waals surface area contributed by atoms with E-state index < -0.39 is 9.84 Å². The van der Waals surface area contributed by atoms with Crippen molar-refractivity contribution in [1.29, 1.82) is 0 Å². The van der Waals surface area contributed by atoms with E-state index >= 15 is 0 Å². The van der Waals surface area contributed by atoms with E-state index in [4.69, 9.17) is 0 Å². The Hall–Kier alpha value is -1.77. The van der Waals surface area contributed by atoms with Gasteiger partial charge in [-0.25, -0.2) is 18.4 Å². The van der Waals surface area contributed by atoms with Crippen molar-refractivity contribution in [2.45, 2.75) is 19.0 Å². The van der Waals surface area contributed by atoms with Crippen LogP contribution in [0.5, 0.6) is 0 Å². The molecule has 124 valence electrons. The molecule has 3 heterocycles. The van der Waals surface area contributed by atoms with Crippen molar-refractivity contribution in [2.75, 3.05) is 24.7 Å². The first-order valence-electron chi connectivity index (χ1n) is 7.56. The van der Waals surface area contributed by atoms with Crippen molar-refractivity contribution in [3.8, 4) is 5.82 Å². The van der Waals surface area contributed by atoms with Crippen molar-refractivity contribution >= 4 is 9.84 Å². The Bertz CT molecular complexity index is 729. The summed E-state index contributed by atoms with van der Waals surface area (Å²) in [5.41, 5.74) is 1.02. The van der Waals surface area contributed by atoms with Crippen LogP contribution in [0, 0.1) is 0 Å². The van der Waals surface area contributed by atoms with Gasteiger partial charge in [-0.05, 0) is 18.1 Å². The molecule has 1 N–H and O–H groups in total. The number of imidazole rings is 1. The third kappa shape index (κ3) is 3.95. The van der Waals surface area contributed by atoms with Crippen molar-refractivity contribution in [3.63, 3.8) is 0 Å². The number of aromatic nitrogens is 3. The Morgan fingerprint density at radius 2 is 2.22 bits per heavy atom. The average Bonchev–Trinajstić information content (AvgIpc) is 3.05. The fourth-order valence-corrected chi connectivity index (χ4v) is 4.48. The zero-order valence-electron chi connectivity index (χ0n) is 12.7. The van der Waals surface area contributed by atoms with Crippen LogP contribution in [-0.2, 0) is 16.4 Å². The summed E-state index contributed by atoms with van der Waals surface area (Å²) in [4.78, 5) is 10.5. The normalized spacial score (nSPS) is 21.3.